The van der Waals surface area contributed by atoms with Gasteiger partial charge in [-0.1, -0.05) is 0 Å². The van der Waals surface area contributed by atoms with Gasteiger partial charge < -0.3 is 25.8 Å². The number of nitrogens with one attached hydrogen (secondary N) is 1. The fourth-order valence-electron chi connectivity index (χ4n) is 1.73. The Bertz CT molecular complexity index is 236. The first-order valence-electron chi connectivity index (χ1n) is 4.77. The van der Waals surface area contributed by atoms with Crippen molar-refractivity contribution < 1.29 is 74.8 Å². The number of hydrogen-bond donors (Lipinski definition) is 3. The van der Waals surface area contributed by atoms with Crippen LogP contribution in [0.25, 0.3) is 0 Å². The Hall–Kier alpha value is 1.23. The van der Waals surface area contributed by atoms with E-state index < -0.39 is 36.9 Å². The molecule has 0 bridgehead atoms. The van der Waals surface area contributed by atoms with E-state index in [9.17, 15) is 23.5 Å². The van der Waals surface area contributed by atoms with E-state index in [4.69, 9.17) is 5.11 Å². The van der Waals surface area contributed by atoms with Crippen molar-refractivity contribution >= 4 is 0 Å². The second-order valence-corrected chi connectivity index (χ2v) is 3.87. The molecule has 17 heavy (non-hydrogen) atoms. The largest absolute Gasteiger partial charge is 1.00 e. The van der Waals surface area contributed by atoms with Crippen molar-refractivity contribution in [3.63, 3.8) is 0 Å². The van der Waals surface area contributed by atoms with Gasteiger partial charge in [-0.3, -0.25) is 0 Å². The van der Waals surface area contributed by atoms with Gasteiger partial charge in [0.2, 0.25) is 0 Å². The van der Waals surface area contributed by atoms with Crippen LogP contribution in [0.1, 0.15) is 0 Å². The molecule has 5 atom stereocenters. The molecular weight excluding hydrogens is 268 g/mol. The van der Waals surface area contributed by atoms with Gasteiger partial charge in [-0.05, 0) is 7.05 Å². The third-order valence-corrected chi connectivity index (χ3v) is 2.56. The Labute approximate surface area is 139 Å². The fraction of sp³-hybridized carbons (Fsp3) is 1.00. The molecule has 0 radical (unpaired) electrons. The van der Waals surface area contributed by atoms with Crippen molar-refractivity contribution in [2.75, 3.05) is 13.6 Å². The molecule has 1 heterocycles. The summed E-state index contributed by atoms with van der Waals surface area (Å²) in [5.41, 5.74) is 0. The Kier molecular flexibility index (Phi) is 8.29. The van der Waals surface area contributed by atoms with Gasteiger partial charge in [-0.2, -0.15) is 0 Å². The van der Waals surface area contributed by atoms with Gasteiger partial charge >= 0.3 is 51.4 Å². The van der Waals surface area contributed by atoms with E-state index in [1.165, 1.54) is 0 Å². The summed E-state index contributed by atoms with van der Waals surface area (Å²) in [5.74, 6) is 0. The van der Waals surface area contributed by atoms with Crippen LogP contribution in [0.15, 0.2) is 0 Å². The van der Waals surface area contributed by atoms with Crippen molar-refractivity contribution in [2.45, 2.75) is 36.9 Å². The van der Waals surface area contributed by atoms with E-state index in [-0.39, 0.29) is 57.9 Å². The molecule has 1 aliphatic heterocycles. The third-order valence-electron chi connectivity index (χ3n) is 2.56. The number of rotatable bonds is 3. The molecular formula is C8H14F3KN2O3. The maximum absolute atomic E-state index is 13.3. The van der Waals surface area contributed by atoms with E-state index in [1.807, 2.05) is 0 Å². The normalized spacial score (nSPS) is 38.3. The second kappa shape index (κ2) is 7.73. The van der Waals surface area contributed by atoms with Gasteiger partial charge in [0.05, 0.1) is 6.04 Å². The van der Waals surface area contributed by atoms with E-state index >= 15 is 0 Å². The van der Waals surface area contributed by atoms with Gasteiger partial charge in [-0.15, -0.1) is 0 Å². The first-order valence-corrected chi connectivity index (χ1v) is 4.77. The number of nitrogens with zero attached hydrogens (tertiary/aromatic N) is 1. The van der Waals surface area contributed by atoms with Gasteiger partial charge in [-0.25, -0.2) is 13.2 Å². The Morgan fingerprint density at radius 1 is 1.35 bits per heavy atom. The zero-order chi connectivity index (χ0) is 12.5. The van der Waals surface area contributed by atoms with Gasteiger partial charge in [0.15, 0.2) is 6.17 Å². The van der Waals surface area contributed by atoms with Crippen LogP contribution >= 0.6 is 0 Å². The minimum Gasteiger partial charge on any atom is -0.785 e. The zero-order valence-corrected chi connectivity index (χ0v) is 12.7. The Morgan fingerprint density at radius 2 is 1.88 bits per heavy atom. The molecule has 1 rings (SSSR count). The van der Waals surface area contributed by atoms with Crippen molar-refractivity contribution in [3.8, 4) is 0 Å². The molecule has 1 saturated heterocycles. The van der Waals surface area contributed by atoms with E-state index in [0.717, 1.165) is 7.05 Å². The fourth-order valence-corrected chi connectivity index (χ4v) is 1.73. The monoisotopic (exact) mass is 282 g/mol. The van der Waals surface area contributed by atoms with Crippen molar-refractivity contribution in [2.24, 2.45) is 0 Å². The number of likely N-dealkylation sites (N-methyl/N-ethyl adjacent to an activating group) is 1. The third kappa shape index (κ3) is 4.68. The van der Waals surface area contributed by atoms with Crippen molar-refractivity contribution in [1.82, 2.24) is 10.4 Å². The molecule has 0 aromatic carbocycles. The number of hydroxylamine groups is 2. The summed E-state index contributed by atoms with van der Waals surface area (Å²) < 4.78 is 38.1. The summed E-state index contributed by atoms with van der Waals surface area (Å²) in [6.07, 6.45) is -8.82. The molecule has 96 valence electrons. The summed E-state index contributed by atoms with van der Waals surface area (Å²) >= 11 is 0. The average Bonchev–Trinajstić information content (AvgIpc) is 2.18. The summed E-state index contributed by atoms with van der Waals surface area (Å²) in [6.45, 7) is -0.336. The van der Waals surface area contributed by atoms with E-state index in [2.05, 4.69) is 5.32 Å². The molecule has 9 heteroatoms. The van der Waals surface area contributed by atoms with Crippen LogP contribution in [0.5, 0.6) is 0 Å². The summed E-state index contributed by atoms with van der Waals surface area (Å²) in [4.78, 5) is 0. The number of halogens is 3. The summed E-state index contributed by atoms with van der Waals surface area (Å²) in [5, 5.41) is 31.8. The molecule has 1 aliphatic rings. The van der Waals surface area contributed by atoms with Gasteiger partial charge in [0.25, 0.3) is 6.43 Å². The molecule has 5 nitrogen and oxygen atoms in total. The molecule has 0 aromatic heterocycles. The number of aliphatic hydroxyl groups is 2. The summed E-state index contributed by atoms with van der Waals surface area (Å²) in [7, 11) is 1.13. The first kappa shape index (κ1) is 18.2. The van der Waals surface area contributed by atoms with Gasteiger partial charge in [0, 0.05) is 12.6 Å². The molecule has 3 unspecified atom stereocenters. The van der Waals surface area contributed by atoms with Gasteiger partial charge in [0.1, 0.15) is 12.2 Å². The Morgan fingerprint density at radius 3 is 2.29 bits per heavy atom. The molecule has 0 amide bonds. The van der Waals surface area contributed by atoms with Crippen molar-refractivity contribution in [3.05, 3.63) is 5.21 Å². The Balaban J connectivity index is 0.00000256. The van der Waals surface area contributed by atoms with E-state index in [1.54, 1.807) is 0 Å². The molecule has 3 N–H and O–H groups in total. The van der Waals surface area contributed by atoms with Crippen molar-refractivity contribution in [1.29, 1.82) is 0 Å². The number of hydrogen-bond acceptors (Lipinski definition) is 5. The number of piperidine rings is 1. The molecule has 0 saturated carbocycles. The molecule has 0 aromatic rings. The van der Waals surface area contributed by atoms with Crippen LogP contribution in [-0.4, -0.2) is 65.8 Å². The predicted molar refractivity (Wildman–Crippen MR) is 49.6 cm³/mol. The number of alkyl halides is 3. The minimum atomic E-state index is -2.97. The smallest absolute Gasteiger partial charge is 0.785 e. The predicted octanol–water partition coefficient (Wildman–Crippen LogP) is -3.91. The average molecular weight is 282 g/mol. The molecule has 0 aliphatic carbocycles. The maximum atomic E-state index is 13.3. The van der Waals surface area contributed by atoms with Crippen LogP contribution < -0.4 is 56.7 Å². The SMILES string of the molecule is CN([O-])C[C@H]1NC(C(F)F)[C@@H](O)C(F)C1O.[K+]. The maximum Gasteiger partial charge on any atom is 1.00 e. The molecule has 0 spiro atoms. The topological polar surface area (TPSA) is 78.8 Å². The van der Waals surface area contributed by atoms with Crippen LogP contribution in [0.4, 0.5) is 13.2 Å². The second-order valence-electron chi connectivity index (χ2n) is 3.87. The standard InChI is InChI=1S/C8H14F3N2O3.K/c1-13(16)2-3-6(14)4(9)7(15)5(12-3)8(10)11;/h3-8,12,14-15H,2H2,1H3;/q-1;+1/t3-,4?,5?,6?,7+;/m1./s1. The minimum absolute atomic E-state index is 0. The quantitative estimate of drug-likeness (QED) is 0.364. The number of aliphatic hydroxyl groups excluding tert-OH is 2. The van der Waals surface area contributed by atoms with E-state index in [0.29, 0.717) is 5.06 Å². The molecule has 1 fully saturated rings. The van der Waals surface area contributed by atoms with Crippen LogP contribution in [0, 0.1) is 5.21 Å². The zero-order valence-electron chi connectivity index (χ0n) is 9.55. The first-order chi connectivity index (χ1) is 7.34. The van der Waals surface area contributed by atoms with Crippen LogP contribution in [0.3, 0.4) is 0 Å². The van der Waals surface area contributed by atoms with Crippen LogP contribution in [-0.2, 0) is 0 Å². The van der Waals surface area contributed by atoms with Crippen LogP contribution in [0.2, 0.25) is 0 Å². The summed E-state index contributed by atoms with van der Waals surface area (Å²) in [6, 6.07) is -2.90.